The molecule has 6 heteroatoms. The topological polar surface area (TPSA) is 66.5 Å². The summed E-state index contributed by atoms with van der Waals surface area (Å²) in [6.45, 7) is 1.60. The number of ketones is 1. The lowest BCUT2D eigenvalue weighted by atomic mass is 9.76. The fraction of sp³-hybridized carbons (Fsp3) is 0.182. The molecule has 4 atom stereocenters. The lowest BCUT2D eigenvalue weighted by Crippen LogP contribution is -2.47. The van der Waals surface area contributed by atoms with E-state index in [-0.39, 0.29) is 30.0 Å². The van der Waals surface area contributed by atoms with Gasteiger partial charge in [-0.1, -0.05) is 103 Å². The zero-order valence-corrected chi connectivity index (χ0v) is 21.5. The van der Waals surface area contributed by atoms with E-state index >= 15 is 0 Å². The molecular weight excluding hydrogens is 491 g/mol. The molecule has 4 unspecified atom stereocenters. The van der Waals surface area contributed by atoms with E-state index in [9.17, 15) is 18.8 Å². The summed E-state index contributed by atoms with van der Waals surface area (Å²) < 4.78 is 13.4. The summed E-state index contributed by atoms with van der Waals surface area (Å²) in [7, 11) is 0. The number of hydrogen-bond acceptors (Lipinski definition) is 3. The maximum atomic E-state index is 14.3. The average molecular weight is 521 g/mol. The summed E-state index contributed by atoms with van der Waals surface area (Å²) in [4.78, 5) is 43.1. The van der Waals surface area contributed by atoms with E-state index < -0.39 is 23.9 Å². The normalized spacial score (nSPS) is 20.4. The molecule has 1 aliphatic heterocycles. The molecule has 1 aliphatic rings. The van der Waals surface area contributed by atoms with Crippen molar-refractivity contribution in [1.82, 2.24) is 10.2 Å². The van der Waals surface area contributed by atoms with Crippen LogP contribution >= 0.6 is 0 Å². The molecule has 0 spiro atoms. The van der Waals surface area contributed by atoms with Gasteiger partial charge in [-0.2, -0.15) is 0 Å². The van der Waals surface area contributed by atoms with Gasteiger partial charge < -0.3 is 10.2 Å². The number of benzene rings is 4. The highest BCUT2D eigenvalue weighted by Crippen LogP contribution is 2.51. The lowest BCUT2D eigenvalue weighted by Gasteiger charge is -2.30. The highest BCUT2D eigenvalue weighted by atomic mass is 19.1. The first kappa shape index (κ1) is 26.0. The molecule has 1 saturated heterocycles. The Balaban J connectivity index is 1.63. The molecule has 196 valence electrons. The monoisotopic (exact) mass is 520 g/mol. The third kappa shape index (κ3) is 5.36. The molecular formula is C33H29FN2O3. The van der Waals surface area contributed by atoms with Crippen molar-refractivity contribution < 1.29 is 18.8 Å². The second kappa shape index (κ2) is 11.4. The second-order valence-corrected chi connectivity index (χ2v) is 9.76. The highest BCUT2D eigenvalue weighted by Gasteiger charge is 2.56. The van der Waals surface area contributed by atoms with E-state index in [0.717, 1.165) is 16.7 Å². The number of carbonyl (C=O) groups excluding carboxylic acids is 3. The first-order valence-corrected chi connectivity index (χ1v) is 13.0. The second-order valence-electron chi connectivity index (χ2n) is 9.76. The number of hydrogen-bond donors (Lipinski definition) is 1. The lowest BCUT2D eigenvalue weighted by molar-refractivity contribution is -0.139. The van der Waals surface area contributed by atoms with Crippen LogP contribution in [-0.4, -0.2) is 28.5 Å². The fourth-order valence-electron chi connectivity index (χ4n) is 5.67. The van der Waals surface area contributed by atoms with Crippen LogP contribution in [0.4, 0.5) is 4.39 Å². The Kier molecular flexibility index (Phi) is 7.64. The van der Waals surface area contributed by atoms with E-state index in [1.54, 1.807) is 29.2 Å². The van der Waals surface area contributed by atoms with Crippen LogP contribution in [0.1, 0.15) is 45.9 Å². The van der Waals surface area contributed by atoms with Gasteiger partial charge >= 0.3 is 0 Å². The smallest absolute Gasteiger partial charge is 0.243 e. The number of nitrogens with zero attached hydrogens (tertiary/aromatic N) is 1. The Morgan fingerprint density at radius 2 is 1.28 bits per heavy atom. The number of Topliss-reactive ketones (excluding diaryl/α,β-unsaturated/α-hetero) is 1. The SMILES string of the molecule is CC(=O)N1C(C(=O)NCc2ccc(F)cc2)C(c2ccccc2)C(C(=O)c2ccccc2)C1c1ccccc1. The van der Waals surface area contributed by atoms with Crippen LogP contribution in [0, 0.1) is 11.7 Å². The molecule has 0 saturated carbocycles. The summed E-state index contributed by atoms with van der Waals surface area (Å²) in [5.41, 5.74) is 2.85. The molecule has 1 fully saturated rings. The first-order valence-electron chi connectivity index (χ1n) is 13.0. The van der Waals surface area contributed by atoms with Gasteiger partial charge in [0.1, 0.15) is 11.9 Å². The van der Waals surface area contributed by atoms with E-state index in [4.69, 9.17) is 0 Å². The predicted octanol–water partition coefficient (Wildman–Crippen LogP) is 5.70. The van der Waals surface area contributed by atoms with Crippen LogP contribution in [0.15, 0.2) is 115 Å². The van der Waals surface area contributed by atoms with Crippen LogP contribution in [0.2, 0.25) is 0 Å². The van der Waals surface area contributed by atoms with Crippen LogP contribution in [0.5, 0.6) is 0 Å². The molecule has 0 aliphatic carbocycles. The molecule has 1 N–H and O–H groups in total. The van der Waals surface area contributed by atoms with Crippen LogP contribution in [0.25, 0.3) is 0 Å². The summed E-state index contributed by atoms with van der Waals surface area (Å²) >= 11 is 0. The molecule has 0 aromatic heterocycles. The molecule has 2 amide bonds. The maximum absolute atomic E-state index is 14.3. The number of rotatable bonds is 7. The van der Waals surface area contributed by atoms with Crippen molar-refractivity contribution in [2.75, 3.05) is 0 Å². The minimum Gasteiger partial charge on any atom is -0.350 e. The number of likely N-dealkylation sites (tertiary alicyclic amines) is 1. The number of nitrogens with one attached hydrogen (secondary N) is 1. The van der Waals surface area contributed by atoms with Gasteiger partial charge in [-0.05, 0) is 28.8 Å². The molecule has 0 radical (unpaired) electrons. The maximum Gasteiger partial charge on any atom is 0.243 e. The third-order valence-electron chi connectivity index (χ3n) is 7.37. The Morgan fingerprint density at radius 1 is 0.744 bits per heavy atom. The van der Waals surface area contributed by atoms with Crippen molar-refractivity contribution in [3.05, 3.63) is 143 Å². The standard InChI is InChI=1S/C33H29FN2O3/c1-22(37)36-30(25-13-7-3-8-14-25)29(32(38)26-15-9-4-10-16-26)28(24-11-5-2-6-12-24)31(36)33(39)35-21-23-17-19-27(34)20-18-23/h2-20,28-31H,21H2,1H3,(H,35,39). The fourth-order valence-corrected chi connectivity index (χ4v) is 5.67. The van der Waals surface area contributed by atoms with Crippen molar-refractivity contribution >= 4 is 17.6 Å². The minimum atomic E-state index is -0.937. The highest BCUT2D eigenvalue weighted by molar-refractivity contribution is 6.01. The van der Waals surface area contributed by atoms with Gasteiger partial charge in [0.25, 0.3) is 0 Å². The van der Waals surface area contributed by atoms with Gasteiger partial charge in [-0.3, -0.25) is 14.4 Å². The van der Waals surface area contributed by atoms with Gasteiger partial charge in [0.2, 0.25) is 11.8 Å². The van der Waals surface area contributed by atoms with E-state index in [1.807, 2.05) is 78.9 Å². The molecule has 1 heterocycles. The molecule has 0 bridgehead atoms. The molecule has 39 heavy (non-hydrogen) atoms. The summed E-state index contributed by atoms with van der Waals surface area (Å²) in [5.74, 6) is -2.45. The number of amides is 2. The van der Waals surface area contributed by atoms with Crippen molar-refractivity contribution in [1.29, 1.82) is 0 Å². The Hall–Kier alpha value is -4.58. The third-order valence-corrected chi connectivity index (χ3v) is 7.37. The van der Waals surface area contributed by atoms with Crippen molar-refractivity contribution in [3.63, 3.8) is 0 Å². The van der Waals surface area contributed by atoms with Crippen LogP contribution in [0.3, 0.4) is 0 Å². The molecule has 5 rings (SSSR count). The summed E-state index contributed by atoms with van der Waals surface area (Å²) in [6.07, 6.45) is 0. The Bertz CT molecular complexity index is 1440. The predicted molar refractivity (Wildman–Crippen MR) is 147 cm³/mol. The largest absolute Gasteiger partial charge is 0.350 e. The van der Waals surface area contributed by atoms with Crippen molar-refractivity contribution in [2.45, 2.75) is 31.5 Å². The quantitative estimate of drug-likeness (QED) is 0.318. The van der Waals surface area contributed by atoms with Gasteiger partial charge in [-0.15, -0.1) is 0 Å². The number of carbonyl (C=O) groups is 3. The van der Waals surface area contributed by atoms with Gasteiger partial charge in [0.05, 0.1) is 12.0 Å². The Labute approximate surface area is 227 Å². The number of halogens is 1. The van der Waals surface area contributed by atoms with Gasteiger partial charge in [0.15, 0.2) is 5.78 Å². The van der Waals surface area contributed by atoms with Gasteiger partial charge in [-0.25, -0.2) is 4.39 Å². The molecule has 5 nitrogen and oxygen atoms in total. The van der Waals surface area contributed by atoms with E-state index in [0.29, 0.717) is 5.56 Å². The van der Waals surface area contributed by atoms with Crippen molar-refractivity contribution in [2.24, 2.45) is 5.92 Å². The summed E-state index contributed by atoms with van der Waals surface area (Å²) in [5, 5.41) is 2.95. The zero-order chi connectivity index (χ0) is 27.4. The Morgan fingerprint density at radius 3 is 1.85 bits per heavy atom. The summed E-state index contributed by atoms with van der Waals surface area (Å²) in [6, 6.07) is 32.2. The molecule has 4 aromatic carbocycles. The zero-order valence-electron chi connectivity index (χ0n) is 21.5. The van der Waals surface area contributed by atoms with Crippen LogP contribution < -0.4 is 5.32 Å². The van der Waals surface area contributed by atoms with Crippen molar-refractivity contribution in [3.8, 4) is 0 Å². The van der Waals surface area contributed by atoms with E-state index in [1.165, 1.54) is 19.1 Å². The van der Waals surface area contributed by atoms with Crippen LogP contribution in [-0.2, 0) is 16.1 Å². The molecule has 4 aromatic rings. The minimum absolute atomic E-state index is 0.126. The first-order chi connectivity index (χ1) is 19.0. The average Bonchev–Trinajstić information content (AvgIpc) is 3.34. The van der Waals surface area contributed by atoms with Gasteiger partial charge in [0, 0.05) is 24.9 Å². The van der Waals surface area contributed by atoms with E-state index in [2.05, 4.69) is 5.32 Å².